The van der Waals surface area contributed by atoms with Crippen LogP contribution in [0.1, 0.15) is 35.6 Å². The molecule has 0 aliphatic rings. The lowest BCUT2D eigenvalue weighted by atomic mass is 9.99. The Morgan fingerprint density at radius 3 is 2.65 bits per heavy atom. The highest BCUT2D eigenvalue weighted by Crippen LogP contribution is 2.18. The Morgan fingerprint density at radius 1 is 1.29 bits per heavy atom. The maximum Gasteiger partial charge on any atom is 0.0447 e. The maximum absolute atomic E-state index is 8.73. The second-order valence-corrected chi connectivity index (χ2v) is 4.53. The van der Waals surface area contributed by atoms with Crippen LogP contribution < -0.4 is 11.1 Å². The summed E-state index contributed by atoms with van der Waals surface area (Å²) in [5, 5.41) is 12.2. The molecule has 0 aliphatic heterocycles. The van der Waals surface area contributed by atoms with E-state index in [1.165, 1.54) is 16.7 Å². The van der Waals surface area contributed by atoms with Crippen LogP contribution in [0.15, 0.2) is 18.2 Å². The van der Waals surface area contributed by atoms with Gasteiger partial charge in [-0.25, -0.2) is 0 Å². The Kier molecular flexibility index (Phi) is 6.19. The third-order valence-electron chi connectivity index (χ3n) is 3.01. The number of rotatable bonds is 7. The van der Waals surface area contributed by atoms with E-state index in [2.05, 4.69) is 37.4 Å². The van der Waals surface area contributed by atoms with Crippen molar-refractivity contribution in [3.05, 3.63) is 34.9 Å². The minimum atomic E-state index is 0.217. The molecule has 0 aliphatic carbocycles. The SMILES string of the molecule is Cc1ccc(C(CN)NCCCCO)c(C)c1. The van der Waals surface area contributed by atoms with Crippen molar-refractivity contribution < 1.29 is 5.11 Å². The lowest BCUT2D eigenvalue weighted by molar-refractivity contribution is 0.282. The molecule has 1 atom stereocenters. The van der Waals surface area contributed by atoms with Gasteiger partial charge in [-0.15, -0.1) is 0 Å². The van der Waals surface area contributed by atoms with Crippen LogP contribution >= 0.6 is 0 Å². The average molecular weight is 236 g/mol. The summed E-state index contributed by atoms with van der Waals surface area (Å²) in [4.78, 5) is 0. The van der Waals surface area contributed by atoms with E-state index in [4.69, 9.17) is 10.8 Å². The highest BCUT2D eigenvalue weighted by atomic mass is 16.2. The first kappa shape index (κ1) is 14.2. The fourth-order valence-electron chi connectivity index (χ4n) is 2.05. The van der Waals surface area contributed by atoms with Crippen molar-refractivity contribution in [1.82, 2.24) is 5.32 Å². The van der Waals surface area contributed by atoms with E-state index in [1.54, 1.807) is 0 Å². The molecule has 1 aromatic carbocycles. The van der Waals surface area contributed by atoms with E-state index in [9.17, 15) is 0 Å². The van der Waals surface area contributed by atoms with Gasteiger partial charge in [0.2, 0.25) is 0 Å². The molecule has 0 radical (unpaired) electrons. The van der Waals surface area contributed by atoms with E-state index >= 15 is 0 Å². The van der Waals surface area contributed by atoms with Gasteiger partial charge in [0.25, 0.3) is 0 Å². The van der Waals surface area contributed by atoms with Crippen LogP contribution in [0.3, 0.4) is 0 Å². The second-order valence-electron chi connectivity index (χ2n) is 4.53. The van der Waals surface area contributed by atoms with Crippen LogP contribution in [0.5, 0.6) is 0 Å². The molecule has 96 valence electrons. The minimum Gasteiger partial charge on any atom is -0.396 e. The highest BCUT2D eigenvalue weighted by Gasteiger charge is 2.10. The van der Waals surface area contributed by atoms with Crippen LogP contribution in [0.2, 0.25) is 0 Å². The van der Waals surface area contributed by atoms with Gasteiger partial charge < -0.3 is 16.2 Å². The number of hydrogen-bond acceptors (Lipinski definition) is 3. The Morgan fingerprint density at radius 2 is 2.06 bits per heavy atom. The van der Waals surface area contributed by atoms with Crippen LogP contribution in [-0.4, -0.2) is 24.8 Å². The lowest BCUT2D eigenvalue weighted by Crippen LogP contribution is -2.29. The third-order valence-corrected chi connectivity index (χ3v) is 3.01. The number of nitrogens with one attached hydrogen (secondary N) is 1. The van der Waals surface area contributed by atoms with E-state index in [0.29, 0.717) is 6.54 Å². The number of hydrogen-bond donors (Lipinski definition) is 3. The summed E-state index contributed by atoms with van der Waals surface area (Å²) < 4.78 is 0. The van der Waals surface area contributed by atoms with Gasteiger partial charge in [-0.2, -0.15) is 0 Å². The van der Waals surface area contributed by atoms with Crippen molar-refractivity contribution in [3.63, 3.8) is 0 Å². The van der Waals surface area contributed by atoms with Crippen molar-refractivity contribution >= 4 is 0 Å². The smallest absolute Gasteiger partial charge is 0.0447 e. The number of nitrogens with two attached hydrogens (primary N) is 1. The van der Waals surface area contributed by atoms with Crippen molar-refractivity contribution in [2.45, 2.75) is 32.7 Å². The van der Waals surface area contributed by atoms with Gasteiger partial charge in [-0.1, -0.05) is 23.8 Å². The first-order valence-corrected chi connectivity index (χ1v) is 6.30. The topological polar surface area (TPSA) is 58.3 Å². The molecule has 4 N–H and O–H groups in total. The minimum absolute atomic E-state index is 0.217. The fourth-order valence-corrected chi connectivity index (χ4v) is 2.05. The average Bonchev–Trinajstić information content (AvgIpc) is 2.31. The summed E-state index contributed by atoms with van der Waals surface area (Å²) in [5.74, 6) is 0. The normalized spacial score (nSPS) is 12.7. The summed E-state index contributed by atoms with van der Waals surface area (Å²) in [7, 11) is 0. The molecule has 0 bridgehead atoms. The number of aliphatic hydroxyl groups excluding tert-OH is 1. The number of aliphatic hydroxyl groups is 1. The molecule has 1 unspecified atom stereocenters. The van der Waals surface area contributed by atoms with Gasteiger partial charge in [-0.05, 0) is 44.4 Å². The zero-order valence-electron chi connectivity index (χ0n) is 10.9. The molecule has 0 saturated heterocycles. The summed E-state index contributed by atoms with van der Waals surface area (Å²) in [6.07, 6.45) is 1.83. The van der Waals surface area contributed by atoms with Gasteiger partial charge in [0.15, 0.2) is 0 Å². The van der Waals surface area contributed by atoms with Crippen LogP contribution in [-0.2, 0) is 0 Å². The van der Waals surface area contributed by atoms with Crippen LogP contribution in [0.4, 0.5) is 0 Å². The van der Waals surface area contributed by atoms with Crippen LogP contribution in [0, 0.1) is 13.8 Å². The van der Waals surface area contributed by atoms with E-state index in [0.717, 1.165) is 19.4 Å². The number of unbranched alkanes of at least 4 members (excludes halogenated alkanes) is 1. The van der Waals surface area contributed by atoms with Gasteiger partial charge >= 0.3 is 0 Å². The molecule has 0 amide bonds. The van der Waals surface area contributed by atoms with Crippen molar-refractivity contribution in [3.8, 4) is 0 Å². The van der Waals surface area contributed by atoms with E-state index < -0.39 is 0 Å². The molecule has 0 saturated carbocycles. The summed E-state index contributed by atoms with van der Waals surface area (Å²) in [6.45, 7) is 5.99. The molecule has 17 heavy (non-hydrogen) atoms. The molecular formula is C14H24N2O. The highest BCUT2D eigenvalue weighted by molar-refractivity contribution is 5.33. The van der Waals surface area contributed by atoms with Crippen molar-refractivity contribution in [2.75, 3.05) is 19.7 Å². The quantitative estimate of drug-likeness (QED) is 0.631. The van der Waals surface area contributed by atoms with Gasteiger partial charge in [0.1, 0.15) is 0 Å². The van der Waals surface area contributed by atoms with Gasteiger partial charge in [0.05, 0.1) is 0 Å². The predicted molar refractivity (Wildman–Crippen MR) is 72.0 cm³/mol. The third kappa shape index (κ3) is 4.46. The zero-order chi connectivity index (χ0) is 12.7. The second kappa shape index (κ2) is 7.43. The van der Waals surface area contributed by atoms with E-state index in [-0.39, 0.29) is 12.6 Å². The predicted octanol–water partition coefficient (Wildman–Crippen LogP) is 1.67. The first-order chi connectivity index (χ1) is 8.19. The number of benzene rings is 1. The fraction of sp³-hybridized carbons (Fsp3) is 0.571. The van der Waals surface area contributed by atoms with Crippen LogP contribution in [0.25, 0.3) is 0 Å². The number of aryl methyl sites for hydroxylation is 2. The molecule has 3 nitrogen and oxygen atoms in total. The Balaban J connectivity index is 2.59. The van der Waals surface area contributed by atoms with E-state index in [1.807, 2.05) is 0 Å². The van der Waals surface area contributed by atoms with Gasteiger partial charge in [0, 0.05) is 19.2 Å². The Bertz CT molecular complexity index is 339. The molecule has 3 heteroatoms. The Labute approximate surface area is 104 Å². The molecule has 1 rings (SSSR count). The molecular weight excluding hydrogens is 212 g/mol. The lowest BCUT2D eigenvalue weighted by Gasteiger charge is -2.19. The molecule has 0 aromatic heterocycles. The molecule has 0 spiro atoms. The molecule has 0 fully saturated rings. The maximum atomic E-state index is 8.73. The zero-order valence-corrected chi connectivity index (χ0v) is 10.9. The van der Waals surface area contributed by atoms with Crippen molar-refractivity contribution in [1.29, 1.82) is 0 Å². The molecule has 0 heterocycles. The summed E-state index contributed by atoms with van der Waals surface area (Å²) in [5.41, 5.74) is 9.66. The summed E-state index contributed by atoms with van der Waals surface area (Å²) >= 11 is 0. The monoisotopic (exact) mass is 236 g/mol. The first-order valence-electron chi connectivity index (χ1n) is 6.30. The Hall–Kier alpha value is -0.900. The standard InChI is InChI=1S/C14H24N2O/c1-11-5-6-13(12(2)9-11)14(10-15)16-7-3-4-8-17/h5-6,9,14,16-17H,3-4,7-8,10,15H2,1-2H3. The largest absolute Gasteiger partial charge is 0.396 e. The summed E-state index contributed by atoms with van der Waals surface area (Å²) in [6, 6.07) is 6.68. The van der Waals surface area contributed by atoms with Crippen molar-refractivity contribution in [2.24, 2.45) is 5.73 Å². The van der Waals surface area contributed by atoms with Gasteiger partial charge in [-0.3, -0.25) is 0 Å². The molecule has 1 aromatic rings.